The summed E-state index contributed by atoms with van der Waals surface area (Å²) in [6.45, 7) is 4.55. The van der Waals surface area contributed by atoms with Crippen LogP contribution in [0.5, 0.6) is 0 Å². The standard InChI is InChI=1S/C22H21N3O3S/c1-3-28-22(27)20-19(24-17-6-4-5-13(2)16(17)11-23)15-9-10-18(26)25(21(15)29-20)12-14-7-8-14/h4-6,9-10,14,24H,3,7-8,12H2,1-2H3. The van der Waals surface area contributed by atoms with E-state index >= 15 is 0 Å². The lowest BCUT2D eigenvalue weighted by atomic mass is 10.1. The van der Waals surface area contributed by atoms with E-state index in [2.05, 4.69) is 11.4 Å². The monoisotopic (exact) mass is 407 g/mol. The van der Waals surface area contributed by atoms with Gasteiger partial charge in [0.2, 0.25) is 0 Å². The molecule has 1 aromatic carbocycles. The van der Waals surface area contributed by atoms with Gasteiger partial charge < -0.3 is 10.1 Å². The molecule has 0 saturated heterocycles. The van der Waals surface area contributed by atoms with Gasteiger partial charge in [0.15, 0.2) is 0 Å². The molecule has 0 atom stereocenters. The minimum Gasteiger partial charge on any atom is -0.462 e. The Labute approximate surface area is 172 Å². The molecule has 0 amide bonds. The molecule has 7 heteroatoms. The molecule has 0 aliphatic heterocycles. The summed E-state index contributed by atoms with van der Waals surface area (Å²) in [5.41, 5.74) is 2.50. The third-order valence-corrected chi connectivity index (χ3v) is 6.28. The van der Waals surface area contributed by atoms with Crippen molar-refractivity contribution >= 4 is 38.9 Å². The molecule has 148 valence electrons. The van der Waals surface area contributed by atoms with Gasteiger partial charge in [-0.3, -0.25) is 9.36 Å². The lowest BCUT2D eigenvalue weighted by Gasteiger charge is -2.11. The van der Waals surface area contributed by atoms with Gasteiger partial charge in [0, 0.05) is 18.0 Å². The minimum absolute atomic E-state index is 0.0686. The molecular weight excluding hydrogens is 386 g/mol. The third kappa shape index (κ3) is 3.64. The van der Waals surface area contributed by atoms with Gasteiger partial charge in [0.05, 0.1) is 23.5 Å². The Morgan fingerprint density at radius 2 is 2.14 bits per heavy atom. The first-order valence-electron chi connectivity index (χ1n) is 9.63. The predicted molar refractivity (Wildman–Crippen MR) is 114 cm³/mol. The average Bonchev–Trinajstić information content (AvgIpc) is 3.45. The lowest BCUT2D eigenvalue weighted by Crippen LogP contribution is -2.19. The summed E-state index contributed by atoms with van der Waals surface area (Å²) in [5, 5.41) is 13.6. The number of thiophene rings is 1. The van der Waals surface area contributed by atoms with Crippen molar-refractivity contribution in [1.82, 2.24) is 4.57 Å². The quantitative estimate of drug-likeness (QED) is 0.605. The molecule has 3 aromatic rings. The molecule has 1 fully saturated rings. The number of nitrogens with one attached hydrogen (secondary N) is 1. The van der Waals surface area contributed by atoms with Crippen molar-refractivity contribution in [2.24, 2.45) is 5.92 Å². The van der Waals surface area contributed by atoms with E-state index in [9.17, 15) is 14.9 Å². The van der Waals surface area contributed by atoms with E-state index in [4.69, 9.17) is 4.74 Å². The number of benzene rings is 1. The highest BCUT2D eigenvalue weighted by Crippen LogP contribution is 2.39. The van der Waals surface area contributed by atoms with E-state index in [1.165, 1.54) is 11.3 Å². The number of nitriles is 1. The maximum Gasteiger partial charge on any atom is 0.350 e. The van der Waals surface area contributed by atoms with E-state index in [0.717, 1.165) is 28.6 Å². The van der Waals surface area contributed by atoms with Crippen molar-refractivity contribution in [2.45, 2.75) is 33.2 Å². The van der Waals surface area contributed by atoms with Crippen LogP contribution in [0.25, 0.3) is 10.2 Å². The van der Waals surface area contributed by atoms with E-state index in [1.54, 1.807) is 23.6 Å². The number of esters is 1. The summed E-state index contributed by atoms with van der Waals surface area (Å²) >= 11 is 1.26. The molecule has 0 spiro atoms. The van der Waals surface area contributed by atoms with Crippen LogP contribution in [0.3, 0.4) is 0 Å². The molecule has 0 unspecified atom stereocenters. The molecule has 1 N–H and O–H groups in total. The Bertz CT molecular complexity index is 1200. The average molecular weight is 407 g/mol. The second-order valence-electron chi connectivity index (χ2n) is 7.21. The molecule has 0 radical (unpaired) electrons. The van der Waals surface area contributed by atoms with Crippen LogP contribution in [0.15, 0.2) is 35.1 Å². The summed E-state index contributed by atoms with van der Waals surface area (Å²) in [6.07, 6.45) is 2.25. The molecule has 0 bridgehead atoms. The number of pyridine rings is 1. The van der Waals surface area contributed by atoms with Crippen molar-refractivity contribution in [1.29, 1.82) is 5.26 Å². The van der Waals surface area contributed by atoms with Crippen LogP contribution in [0.2, 0.25) is 0 Å². The van der Waals surface area contributed by atoms with E-state index in [1.807, 2.05) is 25.1 Å². The van der Waals surface area contributed by atoms with Crippen molar-refractivity contribution in [2.75, 3.05) is 11.9 Å². The van der Waals surface area contributed by atoms with Gasteiger partial charge in [-0.25, -0.2) is 4.79 Å². The number of rotatable bonds is 6. The Morgan fingerprint density at radius 3 is 2.83 bits per heavy atom. The zero-order valence-electron chi connectivity index (χ0n) is 16.3. The Kier molecular flexibility index (Phi) is 5.12. The number of aromatic nitrogens is 1. The number of fused-ring (bicyclic) bond motifs is 1. The maximum atomic E-state index is 12.7. The summed E-state index contributed by atoms with van der Waals surface area (Å²) < 4.78 is 7.02. The van der Waals surface area contributed by atoms with Gasteiger partial charge in [-0.15, -0.1) is 11.3 Å². The van der Waals surface area contributed by atoms with Crippen molar-refractivity contribution in [3.05, 3.63) is 56.7 Å². The normalized spacial score (nSPS) is 13.3. The van der Waals surface area contributed by atoms with Crippen LogP contribution in [0.1, 0.15) is 40.6 Å². The summed E-state index contributed by atoms with van der Waals surface area (Å²) in [4.78, 5) is 26.3. The van der Waals surface area contributed by atoms with Gasteiger partial charge in [-0.2, -0.15) is 5.26 Å². The maximum absolute atomic E-state index is 12.7. The first-order valence-corrected chi connectivity index (χ1v) is 10.4. The molecule has 6 nitrogen and oxygen atoms in total. The second kappa shape index (κ2) is 7.72. The molecule has 1 aliphatic rings. The zero-order chi connectivity index (χ0) is 20.5. The first kappa shape index (κ1) is 19.2. The van der Waals surface area contributed by atoms with Gasteiger partial charge in [-0.05, 0) is 50.3 Å². The Balaban J connectivity index is 1.90. The number of nitrogens with zero attached hydrogens (tertiary/aromatic N) is 2. The molecular formula is C22H21N3O3S. The highest BCUT2D eigenvalue weighted by molar-refractivity contribution is 7.21. The molecule has 1 aliphatic carbocycles. The third-order valence-electron chi connectivity index (χ3n) is 5.07. The molecule has 2 heterocycles. The van der Waals surface area contributed by atoms with Gasteiger partial charge in [0.25, 0.3) is 5.56 Å². The predicted octanol–water partition coefficient (Wildman–Crippen LogP) is 4.57. The van der Waals surface area contributed by atoms with E-state index in [-0.39, 0.29) is 12.2 Å². The Morgan fingerprint density at radius 1 is 1.34 bits per heavy atom. The Hall–Kier alpha value is -3.11. The van der Waals surface area contributed by atoms with Crippen LogP contribution in [-0.4, -0.2) is 17.1 Å². The number of hydrogen-bond donors (Lipinski definition) is 1. The molecule has 2 aromatic heterocycles. The smallest absolute Gasteiger partial charge is 0.350 e. The number of anilines is 2. The van der Waals surface area contributed by atoms with Gasteiger partial charge in [0.1, 0.15) is 15.8 Å². The zero-order valence-corrected chi connectivity index (χ0v) is 17.1. The van der Waals surface area contributed by atoms with Crippen molar-refractivity contribution in [3.8, 4) is 6.07 Å². The number of carbonyl (C=O) groups is 1. The van der Waals surface area contributed by atoms with Crippen molar-refractivity contribution in [3.63, 3.8) is 0 Å². The second-order valence-corrected chi connectivity index (χ2v) is 8.20. The topological polar surface area (TPSA) is 84.1 Å². The van der Waals surface area contributed by atoms with Crippen LogP contribution in [0.4, 0.5) is 11.4 Å². The fourth-order valence-electron chi connectivity index (χ4n) is 3.38. The van der Waals surface area contributed by atoms with Crippen LogP contribution in [0, 0.1) is 24.2 Å². The number of ether oxygens (including phenoxy) is 1. The molecule has 1 saturated carbocycles. The fraction of sp³-hybridized carbons (Fsp3) is 0.318. The number of hydrogen-bond acceptors (Lipinski definition) is 6. The lowest BCUT2D eigenvalue weighted by molar-refractivity contribution is 0.0533. The van der Waals surface area contributed by atoms with E-state index in [0.29, 0.717) is 34.3 Å². The number of aryl methyl sites for hydroxylation is 1. The van der Waals surface area contributed by atoms with Gasteiger partial charge >= 0.3 is 5.97 Å². The largest absolute Gasteiger partial charge is 0.462 e. The van der Waals surface area contributed by atoms with Crippen LogP contribution >= 0.6 is 11.3 Å². The molecule has 29 heavy (non-hydrogen) atoms. The molecule has 4 rings (SSSR count). The SMILES string of the molecule is CCOC(=O)c1sc2c(ccc(=O)n2CC2CC2)c1Nc1cccc(C)c1C#N. The first-order chi connectivity index (χ1) is 14.0. The highest BCUT2D eigenvalue weighted by Gasteiger charge is 2.26. The summed E-state index contributed by atoms with van der Waals surface area (Å²) in [5.74, 6) is 0.0811. The van der Waals surface area contributed by atoms with Crippen molar-refractivity contribution < 1.29 is 9.53 Å². The summed E-state index contributed by atoms with van der Waals surface area (Å²) in [6, 6.07) is 11.0. The van der Waals surface area contributed by atoms with Gasteiger partial charge in [-0.1, -0.05) is 12.1 Å². The fourth-order valence-corrected chi connectivity index (χ4v) is 4.54. The summed E-state index contributed by atoms with van der Waals surface area (Å²) in [7, 11) is 0. The van der Waals surface area contributed by atoms with E-state index < -0.39 is 5.97 Å². The number of carbonyl (C=O) groups excluding carboxylic acids is 1. The highest BCUT2D eigenvalue weighted by atomic mass is 32.1. The van der Waals surface area contributed by atoms with Crippen LogP contribution in [-0.2, 0) is 11.3 Å². The van der Waals surface area contributed by atoms with Crippen LogP contribution < -0.4 is 10.9 Å². The minimum atomic E-state index is -0.437.